The van der Waals surface area contributed by atoms with Gasteiger partial charge in [0.25, 0.3) is 0 Å². The zero-order valence-corrected chi connectivity index (χ0v) is 14.7. The van der Waals surface area contributed by atoms with Crippen molar-refractivity contribution in [1.82, 2.24) is 4.90 Å². The molecule has 1 aliphatic rings. The maximum Gasteiger partial charge on any atom is -0.147 e. The molecule has 1 aromatic rings. The maximum absolute atomic E-state index is 12.1. The molecule has 1 saturated heterocycles. The van der Waals surface area contributed by atoms with Crippen molar-refractivity contribution in [2.24, 2.45) is 0 Å². The fourth-order valence-electron chi connectivity index (χ4n) is 2.49. The predicted octanol–water partition coefficient (Wildman–Crippen LogP) is 2.93. The maximum atomic E-state index is 12.1. The van der Waals surface area contributed by atoms with Gasteiger partial charge in [0.05, 0.1) is 0 Å². The van der Waals surface area contributed by atoms with Crippen LogP contribution < -0.4 is 4.46 Å². The standard InChI is InChI=1S/C16H23NOSe.ClH/c1-2-19-15-8-6-14(7-9-15)16(18)10-13-17-11-4-3-5-12-17;/h6-9H,2-5,10-13H2,1H3;1H. The largest absolute Gasteiger partial charge is 0.147 e. The number of carbonyl (C=O) groups is 1. The quantitative estimate of drug-likeness (QED) is 0.574. The Hall–Kier alpha value is -0.341. The van der Waals surface area contributed by atoms with E-state index in [4.69, 9.17) is 0 Å². The molecule has 0 aliphatic carbocycles. The molecule has 0 amide bonds. The molecule has 20 heavy (non-hydrogen) atoms. The van der Waals surface area contributed by atoms with E-state index in [1.54, 1.807) is 0 Å². The van der Waals surface area contributed by atoms with Crippen molar-refractivity contribution >= 4 is 37.6 Å². The summed E-state index contributed by atoms with van der Waals surface area (Å²) in [5.41, 5.74) is 0.882. The van der Waals surface area contributed by atoms with E-state index in [9.17, 15) is 4.79 Å². The summed E-state index contributed by atoms with van der Waals surface area (Å²) in [6, 6.07) is 8.26. The van der Waals surface area contributed by atoms with Gasteiger partial charge in [-0.05, 0) is 0 Å². The minimum absolute atomic E-state index is 0. The van der Waals surface area contributed by atoms with Crippen LogP contribution in [0, 0.1) is 0 Å². The summed E-state index contributed by atoms with van der Waals surface area (Å²) in [5, 5.41) is 1.22. The minimum Gasteiger partial charge on any atom is -0.147 e. The van der Waals surface area contributed by atoms with Gasteiger partial charge in [-0.1, -0.05) is 0 Å². The zero-order chi connectivity index (χ0) is 13.5. The van der Waals surface area contributed by atoms with E-state index in [1.807, 2.05) is 12.1 Å². The Morgan fingerprint density at radius 3 is 2.40 bits per heavy atom. The molecule has 0 aromatic heterocycles. The number of hydrogen-bond donors (Lipinski definition) is 0. The first-order chi connectivity index (χ1) is 9.29. The molecule has 4 heteroatoms. The minimum atomic E-state index is 0. The molecule has 2 rings (SSSR count). The number of hydrogen-bond acceptors (Lipinski definition) is 2. The topological polar surface area (TPSA) is 20.3 Å². The molecule has 112 valence electrons. The van der Waals surface area contributed by atoms with E-state index in [0.29, 0.717) is 27.2 Å². The zero-order valence-electron chi connectivity index (χ0n) is 12.1. The number of ketones is 1. The van der Waals surface area contributed by atoms with E-state index in [0.717, 1.165) is 12.1 Å². The van der Waals surface area contributed by atoms with Gasteiger partial charge < -0.3 is 0 Å². The molecule has 0 unspecified atom stereocenters. The summed E-state index contributed by atoms with van der Waals surface area (Å²) in [6.45, 7) is 5.48. The molecule has 0 bridgehead atoms. The molecule has 1 aromatic carbocycles. The van der Waals surface area contributed by atoms with Crippen LogP contribution in [0.4, 0.5) is 0 Å². The van der Waals surface area contributed by atoms with Gasteiger partial charge in [0.15, 0.2) is 0 Å². The Bertz CT molecular complexity index is 401. The van der Waals surface area contributed by atoms with E-state index in [2.05, 4.69) is 24.0 Å². The van der Waals surface area contributed by atoms with Crippen LogP contribution in [-0.2, 0) is 0 Å². The summed E-state index contributed by atoms with van der Waals surface area (Å²) in [4.78, 5) is 14.6. The van der Waals surface area contributed by atoms with Crippen molar-refractivity contribution in [3.63, 3.8) is 0 Å². The van der Waals surface area contributed by atoms with E-state index in [-0.39, 0.29) is 12.4 Å². The van der Waals surface area contributed by atoms with Crippen molar-refractivity contribution in [3.05, 3.63) is 29.8 Å². The molecule has 0 saturated carbocycles. The summed E-state index contributed by atoms with van der Waals surface area (Å²) in [6.07, 6.45) is 4.60. The SMILES string of the molecule is CC[Se]c1ccc(C(=O)CCN2CCCCC2)cc1.Cl. The van der Waals surface area contributed by atoms with Gasteiger partial charge in [-0.15, -0.1) is 12.4 Å². The Balaban J connectivity index is 0.00000200. The van der Waals surface area contributed by atoms with Crippen molar-refractivity contribution in [2.45, 2.75) is 37.9 Å². The van der Waals surface area contributed by atoms with E-state index in [1.165, 1.54) is 42.1 Å². The first-order valence-electron chi connectivity index (χ1n) is 7.28. The fourth-order valence-corrected chi connectivity index (χ4v) is 3.88. The normalized spacial score (nSPS) is 15.7. The van der Waals surface area contributed by atoms with Crippen LogP contribution >= 0.6 is 12.4 Å². The molecular weight excluding hydrogens is 337 g/mol. The first-order valence-corrected chi connectivity index (χ1v) is 9.35. The van der Waals surface area contributed by atoms with Gasteiger partial charge >= 0.3 is 122 Å². The van der Waals surface area contributed by atoms with Crippen LogP contribution in [0.5, 0.6) is 0 Å². The molecule has 0 radical (unpaired) electrons. The van der Waals surface area contributed by atoms with Gasteiger partial charge in [0.1, 0.15) is 0 Å². The van der Waals surface area contributed by atoms with Crippen LogP contribution in [0.25, 0.3) is 0 Å². The Morgan fingerprint density at radius 2 is 1.80 bits per heavy atom. The molecule has 1 fully saturated rings. The van der Waals surface area contributed by atoms with Crippen LogP contribution in [0.3, 0.4) is 0 Å². The number of rotatable bonds is 6. The molecule has 0 N–H and O–H groups in total. The summed E-state index contributed by atoms with van der Waals surface area (Å²) >= 11 is 0.565. The average Bonchev–Trinajstić information content (AvgIpc) is 2.47. The van der Waals surface area contributed by atoms with Crippen LogP contribution in [-0.4, -0.2) is 45.3 Å². The molecule has 1 heterocycles. The monoisotopic (exact) mass is 361 g/mol. The second-order valence-corrected chi connectivity index (χ2v) is 7.84. The van der Waals surface area contributed by atoms with Crippen molar-refractivity contribution in [2.75, 3.05) is 19.6 Å². The Morgan fingerprint density at radius 1 is 1.15 bits per heavy atom. The number of Topliss-reactive ketones (excluding diaryl/α,β-unsaturated/α-hetero) is 1. The number of halogens is 1. The molecular formula is C16H24ClNOSe. The third-order valence-electron chi connectivity index (χ3n) is 3.59. The number of benzene rings is 1. The smallest absolute Gasteiger partial charge is 0.147 e. The summed E-state index contributed by atoms with van der Waals surface area (Å²) in [7, 11) is 0. The summed E-state index contributed by atoms with van der Waals surface area (Å²) < 4.78 is 1.39. The van der Waals surface area contributed by atoms with Crippen LogP contribution in [0.15, 0.2) is 24.3 Å². The Kier molecular flexibility index (Phi) is 8.47. The number of likely N-dealkylation sites (tertiary alicyclic amines) is 1. The van der Waals surface area contributed by atoms with Gasteiger partial charge in [0, 0.05) is 0 Å². The number of carbonyl (C=O) groups excluding carboxylic acids is 1. The van der Waals surface area contributed by atoms with E-state index < -0.39 is 0 Å². The van der Waals surface area contributed by atoms with Crippen LogP contribution in [0.1, 0.15) is 43.0 Å². The average molecular weight is 361 g/mol. The Labute approximate surface area is 134 Å². The van der Waals surface area contributed by atoms with Gasteiger partial charge in [-0.2, -0.15) is 0 Å². The van der Waals surface area contributed by atoms with Gasteiger partial charge in [-0.3, -0.25) is 0 Å². The van der Waals surface area contributed by atoms with Crippen molar-refractivity contribution < 1.29 is 4.79 Å². The van der Waals surface area contributed by atoms with Crippen molar-refractivity contribution in [1.29, 1.82) is 0 Å². The van der Waals surface area contributed by atoms with Crippen LogP contribution in [0.2, 0.25) is 5.32 Å². The third kappa shape index (κ3) is 5.57. The number of piperidine rings is 1. The first kappa shape index (κ1) is 17.7. The molecule has 0 atom stereocenters. The number of nitrogens with zero attached hydrogens (tertiary/aromatic N) is 1. The second-order valence-electron chi connectivity index (χ2n) is 5.03. The molecule has 0 spiro atoms. The third-order valence-corrected chi connectivity index (χ3v) is 5.47. The fraction of sp³-hybridized carbons (Fsp3) is 0.562. The molecule has 2 nitrogen and oxygen atoms in total. The summed E-state index contributed by atoms with van der Waals surface area (Å²) in [5.74, 6) is 0.293. The predicted molar refractivity (Wildman–Crippen MR) is 88.8 cm³/mol. The van der Waals surface area contributed by atoms with E-state index >= 15 is 0 Å². The van der Waals surface area contributed by atoms with Gasteiger partial charge in [0.2, 0.25) is 0 Å². The van der Waals surface area contributed by atoms with Gasteiger partial charge in [-0.25, -0.2) is 0 Å². The molecule has 1 aliphatic heterocycles. The second kappa shape index (κ2) is 9.57. The van der Waals surface area contributed by atoms with Crippen molar-refractivity contribution in [3.8, 4) is 0 Å².